The van der Waals surface area contributed by atoms with Gasteiger partial charge < -0.3 is 4.57 Å². The SMILES string of the molecule is N#Cc1ccc(-n2c3ccccc3c3c(-c4ccc(C(F)(F)F)nc4)cccc32)cc1F. The Morgan fingerprint density at radius 1 is 0.875 bits per heavy atom. The van der Waals surface area contributed by atoms with Gasteiger partial charge in [-0.3, -0.25) is 4.98 Å². The molecule has 156 valence electrons. The summed E-state index contributed by atoms with van der Waals surface area (Å²) >= 11 is 0. The Balaban J connectivity index is 1.80. The van der Waals surface area contributed by atoms with Crippen molar-refractivity contribution in [3.63, 3.8) is 0 Å². The van der Waals surface area contributed by atoms with Gasteiger partial charge in [0.25, 0.3) is 0 Å². The zero-order valence-electron chi connectivity index (χ0n) is 16.4. The van der Waals surface area contributed by atoms with Crippen LogP contribution in [0.5, 0.6) is 0 Å². The van der Waals surface area contributed by atoms with Gasteiger partial charge in [-0.25, -0.2) is 4.39 Å². The van der Waals surface area contributed by atoms with Gasteiger partial charge >= 0.3 is 6.18 Å². The lowest BCUT2D eigenvalue weighted by Crippen LogP contribution is -2.07. The number of nitriles is 1. The summed E-state index contributed by atoms with van der Waals surface area (Å²) in [7, 11) is 0. The van der Waals surface area contributed by atoms with E-state index in [4.69, 9.17) is 5.26 Å². The largest absolute Gasteiger partial charge is 0.433 e. The highest BCUT2D eigenvalue weighted by atomic mass is 19.4. The van der Waals surface area contributed by atoms with Crippen molar-refractivity contribution in [2.45, 2.75) is 6.18 Å². The summed E-state index contributed by atoms with van der Waals surface area (Å²) < 4.78 is 55.1. The first-order valence-electron chi connectivity index (χ1n) is 9.64. The summed E-state index contributed by atoms with van der Waals surface area (Å²) in [6.07, 6.45) is -3.30. The molecule has 2 heterocycles. The van der Waals surface area contributed by atoms with Gasteiger partial charge in [-0.2, -0.15) is 18.4 Å². The summed E-state index contributed by atoms with van der Waals surface area (Å²) in [5, 5.41) is 10.7. The Morgan fingerprint density at radius 3 is 2.34 bits per heavy atom. The molecule has 0 spiro atoms. The number of hydrogen-bond acceptors (Lipinski definition) is 2. The van der Waals surface area contributed by atoms with Crippen LogP contribution in [-0.4, -0.2) is 9.55 Å². The van der Waals surface area contributed by atoms with Gasteiger partial charge in [0.1, 0.15) is 17.6 Å². The van der Waals surface area contributed by atoms with Crippen LogP contribution in [0.3, 0.4) is 0 Å². The Kier molecular flexibility index (Phi) is 4.45. The molecular formula is C25H13F4N3. The fourth-order valence-corrected chi connectivity index (χ4v) is 3.99. The van der Waals surface area contributed by atoms with E-state index in [-0.39, 0.29) is 5.56 Å². The Hall–Kier alpha value is -4.18. The van der Waals surface area contributed by atoms with Gasteiger partial charge in [-0.15, -0.1) is 0 Å². The van der Waals surface area contributed by atoms with Crippen LogP contribution in [0.2, 0.25) is 0 Å². The number of benzene rings is 3. The van der Waals surface area contributed by atoms with Crippen molar-refractivity contribution in [2.75, 3.05) is 0 Å². The molecule has 5 aromatic rings. The van der Waals surface area contributed by atoms with E-state index in [0.29, 0.717) is 16.8 Å². The van der Waals surface area contributed by atoms with Crippen molar-refractivity contribution in [3.05, 3.63) is 96.1 Å². The molecule has 7 heteroatoms. The maximum absolute atomic E-state index is 14.4. The number of pyridine rings is 1. The molecule has 0 unspecified atom stereocenters. The molecule has 0 atom stereocenters. The number of halogens is 4. The first-order chi connectivity index (χ1) is 15.4. The molecule has 0 amide bonds. The Bertz CT molecular complexity index is 1520. The first kappa shape index (κ1) is 19.8. The molecule has 0 bridgehead atoms. The lowest BCUT2D eigenvalue weighted by Gasteiger charge is -2.10. The van der Waals surface area contributed by atoms with E-state index in [1.807, 2.05) is 47.0 Å². The van der Waals surface area contributed by atoms with E-state index in [1.165, 1.54) is 24.4 Å². The van der Waals surface area contributed by atoms with Gasteiger partial charge in [0.15, 0.2) is 0 Å². The van der Waals surface area contributed by atoms with E-state index in [0.717, 1.165) is 27.9 Å². The molecule has 0 aliphatic rings. The van der Waals surface area contributed by atoms with E-state index in [9.17, 15) is 17.6 Å². The maximum atomic E-state index is 14.4. The third-order valence-corrected chi connectivity index (χ3v) is 5.39. The highest BCUT2D eigenvalue weighted by Crippen LogP contribution is 2.39. The van der Waals surface area contributed by atoms with Crippen LogP contribution in [0, 0.1) is 17.1 Å². The van der Waals surface area contributed by atoms with Crippen molar-refractivity contribution in [1.82, 2.24) is 9.55 Å². The van der Waals surface area contributed by atoms with Gasteiger partial charge in [-0.1, -0.05) is 36.4 Å². The first-order valence-corrected chi connectivity index (χ1v) is 9.64. The number of nitrogens with zero attached hydrogens (tertiary/aromatic N) is 3. The van der Waals surface area contributed by atoms with Crippen LogP contribution >= 0.6 is 0 Å². The van der Waals surface area contributed by atoms with Crippen LogP contribution in [0.25, 0.3) is 38.6 Å². The minimum atomic E-state index is -4.51. The number of hydrogen-bond donors (Lipinski definition) is 0. The summed E-state index contributed by atoms with van der Waals surface area (Å²) in [4.78, 5) is 3.60. The highest BCUT2D eigenvalue weighted by Gasteiger charge is 2.32. The molecule has 0 N–H and O–H groups in total. The standard InChI is InChI=1S/C25H13F4N3/c26-20-12-17(10-8-15(20)13-30)32-21-6-2-1-4-19(21)24-18(5-3-7-22(24)32)16-9-11-23(31-14-16)25(27,28)29/h1-12,14H. The summed E-state index contributed by atoms with van der Waals surface area (Å²) in [6, 6.07) is 21.6. The van der Waals surface area contributed by atoms with Crippen LogP contribution in [0.1, 0.15) is 11.3 Å². The fourth-order valence-electron chi connectivity index (χ4n) is 3.99. The number of alkyl halides is 3. The third-order valence-electron chi connectivity index (χ3n) is 5.39. The predicted octanol–water partition coefficient (Wildman–Crippen LogP) is 6.88. The van der Waals surface area contributed by atoms with Crippen molar-refractivity contribution in [3.8, 4) is 22.9 Å². The van der Waals surface area contributed by atoms with Crippen LogP contribution in [0.4, 0.5) is 17.6 Å². The molecule has 0 radical (unpaired) electrons. The van der Waals surface area contributed by atoms with Crippen molar-refractivity contribution in [2.24, 2.45) is 0 Å². The summed E-state index contributed by atoms with van der Waals surface area (Å²) in [6.45, 7) is 0. The average Bonchev–Trinajstić information content (AvgIpc) is 3.13. The second-order valence-electron chi connectivity index (χ2n) is 7.26. The number of aromatic nitrogens is 2. The van der Waals surface area contributed by atoms with E-state index in [2.05, 4.69) is 4.98 Å². The van der Waals surface area contributed by atoms with E-state index < -0.39 is 17.7 Å². The van der Waals surface area contributed by atoms with Gasteiger partial charge in [0.05, 0.1) is 16.6 Å². The molecular weight excluding hydrogens is 418 g/mol. The zero-order valence-corrected chi connectivity index (χ0v) is 16.4. The van der Waals surface area contributed by atoms with Gasteiger partial charge in [0, 0.05) is 28.2 Å². The van der Waals surface area contributed by atoms with Gasteiger partial charge in [0.2, 0.25) is 0 Å². The molecule has 0 aliphatic carbocycles. The maximum Gasteiger partial charge on any atom is 0.433 e. The zero-order chi connectivity index (χ0) is 22.5. The molecule has 3 nitrogen and oxygen atoms in total. The number of para-hydroxylation sites is 1. The highest BCUT2D eigenvalue weighted by molar-refractivity contribution is 6.15. The Morgan fingerprint density at radius 2 is 1.66 bits per heavy atom. The van der Waals surface area contributed by atoms with Crippen molar-refractivity contribution in [1.29, 1.82) is 5.26 Å². The molecule has 0 fully saturated rings. The third kappa shape index (κ3) is 3.08. The minimum absolute atomic E-state index is 0.0500. The average molecular weight is 431 g/mol. The molecule has 5 rings (SSSR count). The smallest absolute Gasteiger partial charge is 0.309 e. The molecule has 3 aromatic carbocycles. The molecule has 32 heavy (non-hydrogen) atoms. The van der Waals surface area contributed by atoms with E-state index in [1.54, 1.807) is 12.1 Å². The lowest BCUT2D eigenvalue weighted by atomic mass is 10.0. The second-order valence-corrected chi connectivity index (χ2v) is 7.26. The van der Waals surface area contributed by atoms with Crippen molar-refractivity contribution < 1.29 is 17.6 Å². The minimum Gasteiger partial charge on any atom is -0.309 e. The number of fused-ring (bicyclic) bond motifs is 3. The second kappa shape index (κ2) is 7.20. The Labute approximate surface area is 179 Å². The summed E-state index contributed by atoms with van der Waals surface area (Å²) in [5.41, 5.74) is 2.35. The van der Waals surface area contributed by atoms with Crippen molar-refractivity contribution >= 4 is 21.8 Å². The number of rotatable bonds is 2. The molecule has 0 saturated heterocycles. The van der Waals surface area contributed by atoms with Crippen LogP contribution < -0.4 is 0 Å². The van der Waals surface area contributed by atoms with Crippen LogP contribution in [-0.2, 0) is 6.18 Å². The van der Waals surface area contributed by atoms with Crippen LogP contribution in [0.15, 0.2) is 79.0 Å². The fraction of sp³-hybridized carbons (Fsp3) is 0.0400. The molecule has 0 aliphatic heterocycles. The monoisotopic (exact) mass is 431 g/mol. The predicted molar refractivity (Wildman–Crippen MR) is 114 cm³/mol. The molecule has 0 saturated carbocycles. The normalized spacial score (nSPS) is 11.7. The lowest BCUT2D eigenvalue weighted by molar-refractivity contribution is -0.141. The van der Waals surface area contributed by atoms with Gasteiger partial charge in [-0.05, 0) is 42.0 Å². The summed E-state index contributed by atoms with van der Waals surface area (Å²) in [5.74, 6) is -0.626. The molecule has 2 aromatic heterocycles. The topological polar surface area (TPSA) is 41.6 Å². The quantitative estimate of drug-likeness (QED) is 0.286. The van der Waals surface area contributed by atoms with E-state index >= 15 is 0 Å².